The Morgan fingerprint density at radius 1 is 1.38 bits per heavy atom. The van der Waals surface area contributed by atoms with Crippen LogP contribution in [0.1, 0.15) is 35.4 Å². The fourth-order valence-corrected chi connectivity index (χ4v) is 2.97. The Labute approximate surface area is 129 Å². The van der Waals surface area contributed by atoms with Crippen LogP contribution in [0.4, 0.5) is 5.69 Å². The van der Waals surface area contributed by atoms with Crippen LogP contribution in [0.15, 0.2) is 29.8 Å². The van der Waals surface area contributed by atoms with Gasteiger partial charge in [0.1, 0.15) is 0 Å². The number of rotatable bonds is 5. The SMILES string of the molecule is Cc1ncsc1CN(C)C(=O)CC(C)c1ccc(N)cc1. The molecule has 1 aromatic heterocycles. The summed E-state index contributed by atoms with van der Waals surface area (Å²) in [6.45, 7) is 4.67. The van der Waals surface area contributed by atoms with Crippen molar-refractivity contribution in [1.82, 2.24) is 9.88 Å². The molecule has 21 heavy (non-hydrogen) atoms. The summed E-state index contributed by atoms with van der Waals surface area (Å²) in [4.78, 5) is 19.4. The monoisotopic (exact) mass is 303 g/mol. The molecule has 2 aromatic rings. The van der Waals surface area contributed by atoms with Crippen molar-refractivity contribution in [2.24, 2.45) is 0 Å². The minimum absolute atomic E-state index is 0.145. The predicted octanol–water partition coefficient (Wildman–Crippen LogP) is 3.19. The summed E-state index contributed by atoms with van der Waals surface area (Å²) in [6.07, 6.45) is 0.498. The van der Waals surface area contributed by atoms with Gasteiger partial charge in [0.2, 0.25) is 5.91 Å². The highest BCUT2D eigenvalue weighted by atomic mass is 32.1. The Morgan fingerprint density at radius 2 is 2.05 bits per heavy atom. The van der Waals surface area contributed by atoms with Crippen LogP contribution in [-0.2, 0) is 11.3 Å². The van der Waals surface area contributed by atoms with Gasteiger partial charge in [-0.2, -0.15) is 0 Å². The predicted molar refractivity (Wildman–Crippen MR) is 87.2 cm³/mol. The summed E-state index contributed by atoms with van der Waals surface area (Å²) in [7, 11) is 1.84. The molecule has 0 aliphatic carbocycles. The largest absolute Gasteiger partial charge is 0.399 e. The van der Waals surface area contributed by atoms with Crippen LogP contribution in [0, 0.1) is 6.92 Å². The average Bonchev–Trinajstić information content (AvgIpc) is 2.84. The van der Waals surface area contributed by atoms with Crippen LogP contribution in [0.5, 0.6) is 0 Å². The number of carbonyl (C=O) groups is 1. The number of anilines is 1. The normalized spacial score (nSPS) is 12.1. The van der Waals surface area contributed by atoms with Crippen molar-refractivity contribution in [2.45, 2.75) is 32.7 Å². The van der Waals surface area contributed by atoms with E-state index in [1.807, 2.05) is 43.7 Å². The number of hydrogen-bond donors (Lipinski definition) is 1. The number of amides is 1. The fraction of sp³-hybridized carbons (Fsp3) is 0.375. The molecule has 0 saturated carbocycles. The van der Waals surface area contributed by atoms with E-state index >= 15 is 0 Å². The molecule has 1 unspecified atom stereocenters. The third-order valence-corrected chi connectivity index (χ3v) is 4.56. The van der Waals surface area contributed by atoms with Crippen molar-refractivity contribution in [3.8, 4) is 0 Å². The zero-order valence-electron chi connectivity index (χ0n) is 12.7. The van der Waals surface area contributed by atoms with Gasteiger partial charge in [-0.1, -0.05) is 19.1 Å². The standard InChI is InChI=1S/C16H21N3OS/c1-11(13-4-6-14(17)7-5-13)8-16(20)19(3)9-15-12(2)18-10-21-15/h4-7,10-11H,8-9,17H2,1-3H3. The molecule has 4 nitrogen and oxygen atoms in total. The molecule has 0 aliphatic heterocycles. The summed E-state index contributed by atoms with van der Waals surface area (Å²) >= 11 is 1.59. The first kappa shape index (κ1) is 15.5. The highest BCUT2D eigenvalue weighted by molar-refractivity contribution is 7.09. The van der Waals surface area contributed by atoms with Gasteiger partial charge in [0.05, 0.1) is 17.7 Å². The lowest BCUT2D eigenvalue weighted by Gasteiger charge is -2.19. The van der Waals surface area contributed by atoms with Crippen molar-refractivity contribution in [3.63, 3.8) is 0 Å². The number of nitrogens with two attached hydrogens (primary N) is 1. The van der Waals surface area contributed by atoms with Crippen molar-refractivity contribution in [2.75, 3.05) is 12.8 Å². The number of aryl methyl sites for hydroxylation is 1. The topological polar surface area (TPSA) is 59.2 Å². The molecule has 2 rings (SSSR count). The molecular formula is C16H21N3OS. The molecule has 1 amide bonds. The van der Waals surface area contributed by atoms with Crippen molar-refractivity contribution in [3.05, 3.63) is 45.9 Å². The first-order valence-corrected chi connectivity index (χ1v) is 7.83. The first-order valence-electron chi connectivity index (χ1n) is 6.95. The molecule has 1 atom stereocenters. The maximum atomic E-state index is 12.3. The van der Waals surface area contributed by atoms with Gasteiger partial charge in [-0.15, -0.1) is 11.3 Å². The molecule has 2 N–H and O–H groups in total. The number of nitrogens with zero attached hydrogens (tertiary/aromatic N) is 2. The second-order valence-electron chi connectivity index (χ2n) is 5.38. The molecule has 0 spiro atoms. The van der Waals surface area contributed by atoms with Gasteiger partial charge in [0.25, 0.3) is 0 Å². The van der Waals surface area contributed by atoms with Crippen LogP contribution < -0.4 is 5.73 Å². The van der Waals surface area contributed by atoms with E-state index in [0.717, 1.165) is 21.8 Å². The maximum Gasteiger partial charge on any atom is 0.223 e. The molecule has 0 aliphatic rings. The number of hydrogen-bond acceptors (Lipinski definition) is 4. The lowest BCUT2D eigenvalue weighted by Crippen LogP contribution is -2.27. The smallest absolute Gasteiger partial charge is 0.223 e. The van der Waals surface area contributed by atoms with E-state index in [1.54, 1.807) is 16.2 Å². The van der Waals surface area contributed by atoms with Crippen molar-refractivity contribution in [1.29, 1.82) is 0 Å². The average molecular weight is 303 g/mol. The van der Waals surface area contributed by atoms with Gasteiger partial charge in [0, 0.05) is 24.0 Å². The Balaban J connectivity index is 1.94. The lowest BCUT2D eigenvalue weighted by atomic mass is 9.97. The molecule has 1 heterocycles. The number of carbonyl (C=O) groups excluding carboxylic acids is 1. The summed E-state index contributed by atoms with van der Waals surface area (Å²) < 4.78 is 0. The van der Waals surface area contributed by atoms with E-state index in [0.29, 0.717) is 13.0 Å². The van der Waals surface area contributed by atoms with Crippen molar-refractivity contribution < 1.29 is 4.79 Å². The van der Waals surface area contributed by atoms with Crippen LogP contribution in [-0.4, -0.2) is 22.8 Å². The highest BCUT2D eigenvalue weighted by Crippen LogP contribution is 2.22. The Hall–Kier alpha value is -1.88. The zero-order chi connectivity index (χ0) is 15.4. The maximum absolute atomic E-state index is 12.3. The summed E-state index contributed by atoms with van der Waals surface area (Å²) in [6, 6.07) is 7.72. The lowest BCUT2D eigenvalue weighted by molar-refractivity contribution is -0.130. The summed E-state index contributed by atoms with van der Waals surface area (Å²) in [5.41, 5.74) is 10.4. The molecule has 0 saturated heterocycles. The van der Waals surface area contributed by atoms with Crippen LogP contribution in [0.3, 0.4) is 0 Å². The molecule has 5 heteroatoms. The van der Waals surface area contributed by atoms with E-state index < -0.39 is 0 Å². The molecule has 112 valence electrons. The van der Waals surface area contributed by atoms with E-state index in [4.69, 9.17) is 5.73 Å². The van der Waals surface area contributed by atoms with Crippen LogP contribution in [0.2, 0.25) is 0 Å². The third-order valence-electron chi connectivity index (χ3n) is 3.64. The quantitative estimate of drug-likeness (QED) is 0.863. The molecule has 0 radical (unpaired) electrons. The molecular weight excluding hydrogens is 282 g/mol. The molecule has 0 bridgehead atoms. The van der Waals surface area contributed by atoms with Crippen LogP contribution in [0.25, 0.3) is 0 Å². The Bertz CT molecular complexity index is 606. The van der Waals surface area contributed by atoms with Crippen molar-refractivity contribution >= 4 is 22.9 Å². The fourth-order valence-electron chi connectivity index (χ4n) is 2.14. The van der Waals surface area contributed by atoms with Gasteiger partial charge in [-0.3, -0.25) is 4.79 Å². The van der Waals surface area contributed by atoms with E-state index in [2.05, 4.69) is 11.9 Å². The van der Waals surface area contributed by atoms with Gasteiger partial charge >= 0.3 is 0 Å². The minimum Gasteiger partial charge on any atom is -0.399 e. The highest BCUT2D eigenvalue weighted by Gasteiger charge is 2.16. The number of thiazole rings is 1. The van der Waals surface area contributed by atoms with Gasteiger partial charge in [-0.25, -0.2) is 4.98 Å². The Kier molecular flexibility index (Phi) is 4.96. The molecule has 0 fully saturated rings. The number of aromatic nitrogens is 1. The van der Waals surface area contributed by atoms with Crippen LogP contribution >= 0.6 is 11.3 Å². The zero-order valence-corrected chi connectivity index (χ0v) is 13.5. The van der Waals surface area contributed by atoms with E-state index in [-0.39, 0.29) is 11.8 Å². The van der Waals surface area contributed by atoms with E-state index in [9.17, 15) is 4.79 Å². The second-order valence-corrected chi connectivity index (χ2v) is 6.32. The number of benzene rings is 1. The minimum atomic E-state index is 0.145. The summed E-state index contributed by atoms with van der Waals surface area (Å²) in [5.74, 6) is 0.329. The van der Waals surface area contributed by atoms with Gasteiger partial charge in [0.15, 0.2) is 0 Å². The molecule has 1 aromatic carbocycles. The van der Waals surface area contributed by atoms with E-state index in [1.165, 1.54) is 0 Å². The Morgan fingerprint density at radius 3 is 2.62 bits per heavy atom. The number of nitrogen functional groups attached to an aromatic ring is 1. The van der Waals surface area contributed by atoms with Gasteiger partial charge < -0.3 is 10.6 Å². The van der Waals surface area contributed by atoms with Gasteiger partial charge in [-0.05, 0) is 30.5 Å². The summed E-state index contributed by atoms with van der Waals surface area (Å²) in [5, 5.41) is 0. The second kappa shape index (κ2) is 6.72. The first-order chi connectivity index (χ1) is 9.97. The third kappa shape index (κ3) is 4.04.